The van der Waals surface area contributed by atoms with E-state index in [1.807, 2.05) is 18.2 Å². The smallest absolute Gasteiger partial charge is 0.121 e. The summed E-state index contributed by atoms with van der Waals surface area (Å²) in [5.41, 5.74) is 3.29. The number of rotatable bonds is 4. The van der Waals surface area contributed by atoms with Gasteiger partial charge in [-0.2, -0.15) is 0 Å². The van der Waals surface area contributed by atoms with Crippen LogP contribution in [0.3, 0.4) is 0 Å². The molecule has 2 aromatic carbocycles. The maximum Gasteiger partial charge on any atom is 0.121 e. The molecule has 0 heterocycles. The molecular weight excluding hydrogens is 326 g/mol. The van der Waals surface area contributed by atoms with E-state index in [0.29, 0.717) is 11.6 Å². The lowest BCUT2D eigenvalue weighted by Crippen LogP contribution is -2.00. The number of nitrogens with one attached hydrogen (secondary N) is 1. The van der Waals surface area contributed by atoms with Gasteiger partial charge >= 0.3 is 0 Å². The molecule has 19 heavy (non-hydrogen) atoms. The fourth-order valence-electron chi connectivity index (χ4n) is 1.71. The summed E-state index contributed by atoms with van der Waals surface area (Å²) in [4.78, 5) is 0. The van der Waals surface area contributed by atoms with Gasteiger partial charge in [-0.3, -0.25) is 0 Å². The third-order valence-corrected chi connectivity index (χ3v) is 4.08. The van der Waals surface area contributed by atoms with Crippen LogP contribution in [0.15, 0.2) is 40.9 Å². The lowest BCUT2D eigenvalue weighted by atomic mass is 10.1. The van der Waals surface area contributed by atoms with Gasteiger partial charge in [0.25, 0.3) is 0 Å². The number of ether oxygens (including phenoxy) is 1. The summed E-state index contributed by atoms with van der Waals surface area (Å²) in [6, 6.07) is 11.9. The predicted molar refractivity (Wildman–Crippen MR) is 84.2 cm³/mol. The Bertz CT molecular complexity index is 586. The van der Waals surface area contributed by atoms with E-state index in [0.717, 1.165) is 15.9 Å². The predicted octanol–water partition coefficient (Wildman–Crippen LogP) is 5.03. The molecule has 0 unspecified atom stereocenters. The molecule has 0 saturated heterocycles. The summed E-state index contributed by atoms with van der Waals surface area (Å²) in [6.45, 7) is 2.78. The fourth-order valence-corrected chi connectivity index (χ4v) is 2.32. The molecule has 0 saturated carbocycles. The fraction of sp³-hybridized carbons (Fsp3) is 0.200. The van der Waals surface area contributed by atoms with Gasteiger partial charge < -0.3 is 10.1 Å². The highest BCUT2D eigenvalue weighted by atomic mass is 79.9. The standard InChI is InChI=1S/C15H15BrClNO/c1-10-3-4-11(7-13(10)16)9-18-15-8-12(19-2)5-6-14(15)17/h3-8,18H,9H2,1-2H3. The third kappa shape index (κ3) is 3.64. The van der Waals surface area contributed by atoms with Crippen molar-refractivity contribution < 1.29 is 4.74 Å². The van der Waals surface area contributed by atoms with Gasteiger partial charge in [-0.05, 0) is 36.2 Å². The average molecular weight is 341 g/mol. The maximum atomic E-state index is 6.15. The van der Waals surface area contributed by atoms with Crippen LogP contribution in [0.25, 0.3) is 0 Å². The zero-order valence-corrected chi connectivity index (χ0v) is 13.2. The van der Waals surface area contributed by atoms with Gasteiger partial charge in [-0.25, -0.2) is 0 Å². The van der Waals surface area contributed by atoms with Gasteiger partial charge in [-0.1, -0.05) is 39.7 Å². The first-order valence-corrected chi connectivity index (χ1v) is 7.09. The van der Waals surface area contributed by atoms with E-state index in [1.54, 1.807) is 7.11 Å². The number of methoxy groups -OCH3 is 1. The van der Waals surface area contributed by atoms with Crippen molar-refractivity contribution in [2.75, 3.05) is 12.4 Å². The van der Waals surface area contributed by atoms with Crippen molar-refractivity contribution in [2.45, 2.75) is 13.5 Å². The van der Waals surface area contributed by atoms with Gasteiger partial charge in [-0.15, -0.1) is 0 Å². The SMILES string of the molecule is COc1ccc(Cl)c(NCc2ccc(C)c(Br)c2)c1. The summed E-state index contributed by atoms with van der Waals surface area (Å²) in [6.07, 6.45) is 0. The van der Waals surface area contributed by atoms with Crippen LogP contribution in [-0.4, -0.2) is 7.11 Å². The van der Waals surface area contributed by atoms with Crippen LogP contribution in [0.2, 0.25) is 5.02 Å². The highest BCUT2D eigenvalue weighted by Crippen LogP contribution is 2.27. The number of aryl methyl sites for hydroxylation is 1. The van der Waals surface area contributed by atoms with E-state index in [2.05, 4.69) is 46.4 Å². The van der Waals surface area contributed by atoms with Crippen molar-refractivity contribution in [1.29, 1.82) is 0 Å². The quantitative estimate of drug-likeness (QED) is 0.842. The molecule has 0 bridgehead atoms. The Morgan fingerprint density at radius 2 is 2.00 bits per heavy atom. The minimum atomic E-state index is 0.687. The van der Waals surface area contributed by atoms with E-state index >= 15 is 0 Å². The van der Waals surface area contributed by atoms with Crippen LogP contribution in [-0.2, 0) is 6.54 Å². The van der Waals surface area contributed by atoms with Crippen LogP contribution < -0.4 is 10.1 Å². The minimum Gasteiger partial charge on any atom is -0.497 e. The molecule has 0 amide bonds. The summed E-state index contributed by atoms with van der Waals surface area (Å²) in [5, 5.41) is 4.00. The maximum absolute atomic E-state index is 6.15. The van der Waals surface area contributed by atoms with Crippen molar-refractivity contribution in [3.05, 3.63) is 57.0 Å². The van der Waals surface area contributed by atoms with Gasteiger partial charge in [0.15, 0.2) is 0 Å². The molecule has 2 nitrogen and oxygen atoms in total. The second-order valence-corrected chi connectivity index (χ2v) is 5.54. The Kier molecular flexibility index (Phi) is 4.72. The largest absolute Gasteiger partial charge is 0.497 e. The first kappa shape index (κ1) is 14.2. The third-order valence-electron chi connectivity index (χ3n) is 2.89. The second-order valence-electron chi connectivity index (χ2n) is 4.28. The highest BCUT2D eigenvalue weighted by Gasteiger charge is 2.03. The van der Waals surface area contributed by atoms with E-state index < -0.39 is 0 Å². The molecule has 0 aromatic heterocycles. The number of benzene rings is 2. The normalized spacial score (nSPS) is 10.3. The van der Waals surface area contributed by atoms with Crippen LogP contribution in [0.1, 0.15) is 11.1 Å². The highest BCUT2D eigenvalue weighted by molar-refractivity contribution is 9.10. The van der Waals surface area contributed by atoms with Crippen molar-refractivity contribution in [1.82, 2.24) is 0 Å². The summed E-state index contributed by atoms with van der Waals surface area (Å²) < 4.78 is 6.30. The van der Waals surface area contributed by atoms with Crippen LogP contribution >= 0.6 is 27.5 Å². The molecule has 1 N–H and O–H groups in total. The number of anilines is 1. The lowest BCUT2D eigenvalue weighted by Gasteiger charge is -2.11. The van der Waals surface area contributed by atoms with E-state index in [4.69, 9.17) is 16.3 Å². The van der Waals surface area contributed by atoms with Gasteiger partial charge in [0, 0.05) is 17.1 Å². The van der Waals surface area contributed by atoms with Crippen LogP contribution in [0, 0.1) is 6.92 Å². The zero-order chi connectivity index (χ0) is 13.8. The van der Waals surface area contributed by atoms with E-state index in [-0.39, 0.29) is 0 Å². The molecule has 2 aromatic rings. The second kappa shape index (κ2) is 6.31. The molecule has 100 valence electrons. The van der Waals surface area contributed by atoms with E-state index in [9.17, 15) is 0 Å². The minimum absolute atomic E-state index is 0.687. The topological polar surface area (TPSA) is 21.3 Å². The summed E-state index contributed by atoms with van der Waals surface area (Å²) in [7, 11) is 1.64. The first-order chi connectivity index (χ1) is 9.10. The number of hydrogen-bond donors (Lipinski definition) is 1. The Labute approximate surface area is 126 Å². The number of hydrogen-bond acceptors (Lipinski definition) is 2. The van der Waals surface area contributed by atoms with Gasteiger partial charge in [0.1, 0.15) is 5.75 Å². The van der Waals surface area contributed by atoms with E-state index in [1.165, 1.54) is 11.1 Å². The molecule has 0 aliphatic carbocycles. The van der Waals surface area contributed by atoms with Crippen molar-refractivity contribution >= 4 is 33.2 Å². The van der Waals surface area contributed by atoms with Gasteiger partial charge in [0.05, 0.1) is 17.8 Å². The summed E-state index contributed by atoms with van der Waals surface area (Å²) >= 11 is 9.68. The zero-order valence-electron chi connectivity index (χ0n) is 10.8. The molecule has 0 aliphatic heterocycles. The molecule has 0 atom stereocenters. The molecular formula is C15H15BrClNO. The Morgan fingerprint density at radius 3 is 2.68 bits per heavy atom. The first-order valence-electron chi connectivity index (χ1n) is 5.92. The monoisotopic (exact) mass is 339 g/mol. The lowest BCUT2D eigenvalue weighted by molar-refractivity contribution is 0.415. The average Bonchev–Trinajstić information content (AvgIpc) is 2.41. The molecule has 0 spiro atoms. The van der Waals surface area contributed by atoms with Crippen LogP contribution in [0.5, 0.6) is 5.75 Å². The summed E-state index contributed by atoms with van der Waals surface area (Å²) in [5.74, 6) is 0.789. The Morgan fingerprint density at radius 1 is 1.21 bits per heavy atom. The molecule has 2 rings (SSSR count). The Hall–Kier alpha value is -1.19. The van der Waals surface area contributed by atoms with Crippen molar-refractivity contribution in [3.63, 3.8) is 0 Å². The van der Waals surface area contributed by atoms with Crippen molar-refractivity contribution in [2.24, 2.45) is 0 Å². The van der Waals surface area contributed by atoms with Crippen molar-refractivity contribution in [3.8, 4) is 5.75 Å². The molecule has 4 heteroatoms. The molecule has 0 radical (unpaired) electrons. The Balaban J connectivity index is 2.11. The number of halogens is 2. The molecule has 0 aliphatic rings. The van der Waals surface area contributed by atoms with Crippen LogP contribution in [0.4, 0.5) is 5.69 Å². The van der Waals surface area contributed by atoms with Gasteiger partial charge in [0.2, 0.25) is 0 Å². The molecule has 0 fully saturated rings.